The summed E-state index contributed by atoms with van der Waals surface area (Å²) in [6.45, 7) is 1.87. The van der Waals surface area contributed by atoms with Crippen molar-refractivity contribution in [1.29, 1.82) is 0 Å². The number of nitrogens with zero attached hydrogens (tertiary/aromatic N) is 1. The van der Waals surface area contributed by atoms with Crippen LogP contribution in [0.3, 0.4) is 0 Å². The molecule has 4 rings (SSSR count). The van der Waals surface area contributed by atoms with Crippen molar-refractivity contribution in [2.45, 2.75) is 31.8 Å². The lowest BCUT2D eigenvalue weighted by Gasteiger charge is -2.34. The molecule has 0 radical (unpaired) electrons. The second-order valence-corrected chi connectivity index (χ2v) is 6.49. The Kier molecular flexibility index (Phi) is 3.53. The Labute approximate surface area is 141 Å². The summed E-state index contributed by atoms with van der Waals surface area (Å²) in [7, 11) is 0. The number of rotatable bonds is 3. The first-order valence-electron chi connectivity index (χ1n) is 8.30. The van der Waals surface area contributed by atoms with Crippen LogP contribution in [0.15, 0.2) is 54.6 Å². The molecule has 0 aromatic heterocycles. The fourth-order valence-corrected chi connectivity index (χ4v) is 3.18. The number of urea groups is 1. The van der Waals surface area contributed by atoms with Crippen molar-refractivity contribution in [3.8, 4) is 5.75 Å². The lowest BCUT2D eigenvalue weighted by Crippen LogP contribution is -2.45. The van der Waals surface area contributed by atoms with Crippen LogP contribution in [0.1, 0.15) is 35.6 Å². The molecule has 2 N–H and O–H groups in total. The molecular weight excluding hydrogens is 300 g/mol. The Morgan fingerprint density at radius 3 is 2.54 bits per heavy atom. The summed E-state index contributed by atoms with van der Waals surface area (Å²) >= 11 is 0. The monoisotopic (exact) mass is 320 g/mol. The SMILES string of the molecule is Cc1cc(C2=CC(c3ccccc3)NC(=O)N2C2CC2)ccc1O. The molecule has 4 heteroatoms. The molecule has 1 aliphatic heterocycles. The summed E-state index contributed by atoms with van der Waals surface area (Å²) in [4.78, 5) is 14.6. The fraction of sp³-hybridized carbons (Fsp3) is 0.250. The van der Waals surface area contributed by atoms with Crippen LogP contribution in [0.4, 0.5) is 4.79 Å². The zero-order valence-corrected chi connectivity index (χ0v) is 13.6. The molecule has 1 atom stereocenters. The van der Waals surface area contributed by atoms with Crippen molar-refractivity contribution < 1.29 is 9.90 Å². The molecule has 2 amide bonds. The van der Waals surface area contributed by atoms with E-state index in [4.69, 9.17) is 0 Å². The van der Waals surface area contributed by atoms with Gasteiger partial charge in [0.1, 0.15) is 5.75 Å². The highest BCUT2D eigenvalue weighted by Gasteiger charge is 2.38. The van der Waals surface area contributed by atoms with Gasteiger partial charge in [0.15, 0.2) is 0 Å². The molecule has 1 fully saturated rings. The maximum Gasteiger partial charge on any atom is 0.322 e. The van der Waals surface area contributed by atoms with E-state index < -0.39 is 0 Å². The van der Waals surface area contributed by atoms with Crippen molar-refractivity contribution >= 4 is 11.7 Å². The highest BCUT2D eigenvalue weighted by molar-refractivity contribution is 5.89. The first kappa shape index (κ1) is 14.8. The molecule has 2 aromatic carbocycles. The van der Waals surface area contributed by atoms with Gasteiger partial charge >= 0.3 is 6.03 Å². The third-order valence-corrected chi connectivity index (χ3v) is 4.65. The smallest absolute Gasteiger partial charge is 0.322 e. The van der Waals surface area contributed by atoms with Crippen molar-refractivity contribution in [1.82, 2.24) is 10.2 Å². The average Bonchev–Trinajstić information content (AvgIpc) is 3.42. The van der Waals surface area contributed by atoms with Gasteiger partial charge in [-0.05, 0) is 60.7 Å². The number of hydrogen-bond acceptors (Lipinski definition) is 2. The van der Waals surface area contributed by atoms with E-state index in [9.17, 15) is 9.90 Å². The van der Waals surface area contributed by atoms with Crippen LogP contribution in [0.25, 0.3) is 5.70 Å². The number of carbonyl (C=O) groups excluding carboxylic acids is 1. The highest BCUT2D eigenvalue weighted by atomic mass is 16.3. The first-order valence-corrected chi connectivity index (χ1v) is 8.30. The quantitative estimate of drug-likeness (QED) is 0.899. The van der Waals surface area contributed by atoms with Gasteiger partial charge in [-0.3, -0.25) is 4.90 Å². The van der Waals surface area contributed by atoms with E-state index >= 15 is 0 Å². The largest absolute Gasteiger partial charge is 0.508 e. The predicted octanol–water partition coefficient (Wildman–Crippen LogP) is 3.97. The first-order chi connectivity index (χ1) is 11.6. The van der Waals surface area contributed by atoms with Gasteiger partial charge in [0.2, 0.25) is 0 Å². The molecule has 24 heavy (non-hydrogen) atoms. The maximum atomic E-state index is 12.7. The van der Waals surface area contributed by atoms with E-state index in [1.807, 2.05) is 54.3 Å². The summed E-state index contributed by atoms with van der Waals surface area (Å²) in [5.41, 5.74) is 3.77. The molecule has 1 saturated carbocycles. The number of nitrogens with one attached hydrogen (secondary N) is 1. The van der Waals surface area contributed by atoms with Gasteiger partial charge in [0.25, 0.3) is 0 Å². The number of phenols is 1. The number of benzene rings is 2. The Morgan fingerprint density at radius 2 is 1.88 bits per heavy atom. The standard InChI is InChI=1S/C20H20N2O2/c1-13-11-15(7-10-19(13)23)18-12-17(14-5-3-2-4-6-14)21-20(24)22(18)16-8-9-16/h2-7,10-12,16-17,23H,8-9H2,1H3,(H,21,24). The number of aromatic hydroxyl groups is 1. The van der Waals surface area contributed by atoms with Crippen LogP contribution in [0.2, 0.25) is 0 Å². The summed E-state index contributed by atoms with van der Waals surface area (Å²) < 4.78 is 0. The fourth-order valence-electron chi connectivity index (χ4n) is 3.18. The van der Waals surface area contributed by atoms with E-state index in [-0.39, 0.29) is 23.9 Å². The molecule has 1 aliphatic carbocycles. The topological polar surface area (TPSA) is 52.6 Å². The number of amides is 2. The molecule has 1 heterocycles. The van der Waals surface area contributed by atoms with Crippen LogP contribution < -0.4 is 5.32 Å². The second-order valence-electron chi connectivity index (χ2n) is 6.49. The Bertz CT molecular complexity index is 810. The van der Waals surface area contributed by atoms with Crippen molar-refractivity contribution in [3.63, 3.8) is 0 Å². The minimum Gasteiger partial charge on any atom is -0.508 e. The zero-order chi connectivity index (χ0) is 16.7. The molecule has 0 spiro atoms. The Hall–Kier alpha value is -2.75. The Balaban J connectivity index is 1.79. The van der Waals surface area contributed by atoms with E-state index in [1.165, 1.54) is 0 Å². The van der Waals surface area contributed by atoms with Crippen LogP contribution in [0, 0.1) is 6.92 Å². The summed E-state index contributed by atoms with van der Waals surface area (Å²) in [5.74, 6) is 0.275. The van der Waals surface area contributed by atoms with Gasteiger partial charge in [-0.1, -0.05) is 30.3 Å². The minimum atomic E-state index is -0.141. The van der Waals surface area contributed by atoms with Crippen LogP contribution in [-0.4, -0.2) is 22.1 Å². The third kappa shape index (κ3) is 2.64. The lowest BCUT2D eigenvalue weighted by atomic mass is 9.99. The molecule has 122 valence electrons. The molecule has 1 unspecified atom stereocenters. The summed E-state index contributed by atoms with van der Waals surface area (Å²) in [6.07, 6.45) is 4.19. The van der Waals surface area contributed by atoms with Crippen LogP contribution in [0.5, 0.6) is 5.75 Å². The average molecular weight is 320 g/mol. The lowest BCUT2D eigenvalue weighted by molar-refractivity contribution is 0.211. The van der Waals surface area contributed by atoms with Gasteiger partial charge < -0.3 is 10.4 Å². The Morgan fingerprint density at radius 1 is 1.12 bits per heavy atom. The van der Waals surface area contributed by atoms with E-state index in [1.54, 1.807) is 6.07 Å². The van der Waals surface area contributed by atoms with Crippen molar-refractivity contribution in [2.75, 3.05) is 0 Å². The molecule has 2 aliphatic rings. The normalized spacial score (nSPS) is 20.5. The van der Waals surface area contributed by atoms with Crippen molar-refractivity contribution in [2.24, 2.45) is 0 Å². The van der Waals surface area contributed by atoms with Gasteiger partial charge in [0, 0.05) is 6.04 Å². The molecule has 0 saturated heterocycles. The van der Waals surface area contributed by atoms with Crippen molar-refractivity contribution in [3.05, 3.63) is 71.3 Å². The van der Waals surface area contributed by atoms with Gasteiger partial charge in [-0.25, -0.2) is 4.79 Å². The number of hydrogen-bond donors (Lipinski definition) is 2. The number of aryl methyl sites for hydroxylation is 1. The molecule has 4 nitrogen and oxygen atoms in total. The second kappa shape index (κ2) is 5.71. The number of phenolic OH excluding ortho intramolecular Hbond substituents is 1. The van der Waals surface area contributed by atoms with E-state index in [2.05, 4.69) is 11.4 Å². The van der Waals surface area contributed by atoms with E-state index in [0.717, 1.165) is 35.2 Å². The number of carbonyl (C=O) groups is 1. The van der Waals surface area contributed by atoms with Gasteiger partial charge in [-0.2, -0.15) is 0 Å². The van der Waals surface area contributed by atoms with Crippen LogP contribution >= 0.6 is 0 Å². The summed E-state index contributed by atoms with van der Waals surface area (Å²) in [5, 5.41) is 12.9. The van der Waals surface area contributed by atoms with Gasteiger partial charge in [-0.15, -0.1) is 0 Å². The van der Waals surface area contributed by atoms with Crippen LogP contribution in [-0.2, 0) is 0 Å². The van der Waals surface area contributed by atoms with E-state index in [0.29, 0.717) is 0 Å². The maximum absolute atomic E-state index is 12.7. The predicted molar refractivity (Wildman–Crippen MR) is 93.4 cm³/mol. The zero-order valence-electron chi connectivity index (χ0n) is 13.6. The summed E-state index contributed by atoms with van der Waals surface area (Å²) in [6, 6.07) is 15.6. The van der Waals surface area contributed by atoms with Gasteiger partial charge in [0.05, 0.1) is 11.7 Å². The molecular formula is C20H20N2O2. The third-order valence-electron chi connectivity index (χ3n) is 4.65. The molecule has 0 bridgehead atoms. The highest BCUT2D eigenvalue weighted by Crippen LogP contribution is 2.38. The molecule has 2 aromatic rings. The minimum absolute atomic E-state index is 0.0467.